The highest BCUT2D eigenvalue weighted by molar-refractivity contribution is 5.47. The second-order valence-corrected chi connectivity index (χ2v) is 9.05. The van der Waals surface area contributed by atoms with E-state index in [4.69, 9.17) is 4.74 Å². The minimum Gasteiger partial charge on any atom is -0.444 e. The van der Waals surface area contributed by atoms with E-state index >= 15 is 0 Å². The number of hydrogen-bond donors (Lipinski definition) is 2. The summed E-state index contributed by atoms with van der Waals surface area (Å²) in [4.78, 5) is 25.3. The molecule has 0 radical (unpaired) electrons. The van der Waals surface area contributed by atoms with E-state index in [-0.39, 0.29) is 29.7 Å². The highest BCUT2D eigenvalue weighted by Crippen LogP contribution is 2.26. The minimum absolute atomic E-state index is 0.0455. The Morgan fingerprint density at radius 2 is 1.84 bits per heavy atom. The number of aromatic nitrogens is 4. The maximum absolute atomic E-state index is 12.3. The molecule has 0 aliphatic carbocycles. The zero-order valence-corrected chi connectivity index (χ0v) is 20.1. The number of piperidine rings is 1. The fourth-order valence-corrected chi connectivity index (χ4v) is 4.39. The molecule has 0 spiro atoms. The van der Waals surface area contributed by atoms with Crippen molar-refractivity contribution in [2.24, 2.45) is 0 Å². The maximum Gasteiger partial charge on any atom is 0.573 e. The van der Waals surface area contributed by atoms with E-state index in [1.165, 1.54) is 18.3 Å². The van der Waals surface area contributed by atoms with Crippen LogP contribution in [-0.4, -0.2) is 62.6 Å². The van der Waals surface area contributed by atoms with Crippen molar-refractivity contribution in [1.29, 1.82) is 0 Å². The summed E-state index contributed by atoms with van der Waals surface area (Å²) in [5.41, 5.74) is 1.63. The zero-order chi connectivity index (χ0) is 26.7. The quantitative estimate of drug-likeness (QED) is 0.328. The molecule has 0 saturated carbocycles. The van der Waals surface area contributed by atoms with Crippen LogP contribution in [0.1, 0.15) is 18.4 Å². The first kappa shape index (κ1) is 25.5. The van der Waals surface area contributed by atoms with E-state index in [0.29, 0.717) is 25.6 Å². The van der Waals surface area contributed by atoms with Crippen molar-refractivity contribution in [3.8, 4) is 11.8 Å². The van der Waals surface area contributed by atoms with Crippen LogP contribution >= 0.6 is 0 Å². The van der Waals surface area contributed by atoms with Gasteiger partial charge in [0.25, 0.3) is 0 Å². The molecule has 12 nitrogen and oxygen atoms in total. The molecule has 2 aliphatic rings. The standard InChI is InChI=1S/C23H25F3N8O4/c24-23(25,26)38-19-3-1-16(2-4-19)30-17-5-7-32(8-6-17)21-28-10-15(11-29-21)9-27-18-12-33-13-20(34(35)36)31-22(33)37-14-18/h1-4,10-11,13,17-18,27,30H,5-9,12,14H2/t18-/m0/s1. The summed E-state index contributed by atoms with van der Waals surface area (Å²) in [5, 5.41) is 17.6. The first-order valence-electron chi connectivity index (χ1n) is 12.0. The molecule has 0 unspecified atom stereocenters. The molecular formula is C23H25F3N8O4. The van der Waals surface area contributed by atoms with E-state index in [1.54, 1.807) is 29.1 Å². The van der Waals surface area contributed by atoms with Crippen LogP contribution in [0, 0.1) is 10.1 Å². The number of halogens is 3. The molecule has 4 heterocycles. The Balaban J connectivity index is 1.06. The van der Waals surface area contributed by atoms with Crippen LogP contribution in [0.15, 0.2) is 42.9 Å². The number of nitrogens with zero attached hydrogens (tertiary/aromatic N) is 6. The number of rotatable bonds is 8. The van der Waals surface area contributed by atoms with Gasteiger partial charge >= 0.3 is 18.2 Å². The van der Waals surface area contributed by atoms with Crippen molar-refractivity contribution in [3.63, 3.8) is 0 Å². The summed E-state index contributed by atoms with van der Waals surface area (Å²) in [6.07, 6.45) is 1.83. The van der Waals surface area contributed by atoms with Crippen LogP contribution in [-0.2, 0) is 13.1 Å². The molecule has 1 atom stereocenters. The van der Waals surface area contributed by atoms with E-state index in [0.717, 1.165) is 37.2 Å². The Kier molecular flexibility index (Phi) is 7.18. The van der Waals surface area contributed by atoms with E-state index < -0.39 is 11.3 Å². The number of imidazole rings is 1. The van der Waals surface area contributed by atoms with Crippen LogP contribution in [0.4, 0.5) is 30.6 Å². The van der Waals surface area contributed by atoms with Crippen molar-refractivity contribution >= 4 is 17.5 Å². The van der Waals surface area contributed by atoms with Gasteiger partial charge in [-0.05, 0) is 42.0 Å². The summed E-state index contributed by atoms with van der Waals surface area (Å²) in [6.45, 7) is 2.84. The van der Waals surface area contributed by atoms with Crippen molar-refractivity contribution in [3.05, 3.63) is 58.5 Å². The highest BCUT2D eigenvalue weighted by Gasteiger charge is 2.31. The van der Waals surface area contributed by atoms with Gasteiger partial charge in [-0.2, -0.15) is 0 Å². The predicted octanol–water partition coefficient (Wildman–Crippen LogP) is 3.11. The number of anilines is 2. The van der Waals surface area contributed by atoms with Gasteiger partial charge in [-0.1, -0.05) is 0 Å². The number of ether oxygens (including phenoxy) is 2. The van der Waals surface area contributed by atoms with Crippen LogP contribution in [0.3, 0.4) is 0 Å². The fraction of sp³-hybridized carbons (Fsp3) is 0.435. The van der Waals surface area contributed by atoms with Gasteiger partial charge in [0.15, 0.2) is 0 Å². The number of nitro groups is 1. The summed E-state index contributed by atoms with van der Waals surface area (Å²) >= 11 is 0. The Morgan fingerprint density at radius 1 is 1.13 bits per heavy atom. The van der Waals surface area contributed by atoms with Crippen molar-refractivity contribution in [2.75, 3.05) is 29.9 Å². The molecule has 3 aromatic rings. The lowest BCUT2D eigenvalue weighted by Crippen LogP contribution is -2.41. The van der Waals surface area contributed by atoms with Crippen LogP contribution < -0.4 is 25.0 Å². The Bertz CT molecular complexity index is 1250. The van der Waals surface area contributed by atoms with E-state index in [2.05, 4.69) is 35.2 Å². The van der Waals surface area contributed by atoms with Crippen LogP contribution in [0.25, 0.3) is 0 Å². The molecule has 5 rings (SSSR count). The molecule has 1 saturated heterocycles. The third-order valence-corrected chi connectivity index (χ3v) is 6.27. The van der Waals surface area contributed by atoms with Crippen molar-refractivity contribution in [1.82, 2.24) is 24.8 Å². The van der Waals surface area contributed by atoms with Gasteiger partial charge in [0.2, 0.25) is 5.95 Å². The molecule has 0 amide bonds. The van der Waals surface area contributed by atoms with E-state index in [9.17, 15) is 23.3 Å². The second kappa shape index (κ2) is 10.7. The number of nitrogens with one attached hydrogen (secondary N) is 2. The summed E-state index contributed by atoms with van der Waals surface area (Å²) in [6, 6.07) is 6.10. The highest BCUT2D eigenvalue weighted by atomic mass is 19.4. The number of benzene rings is 1. The second-order valence-electron chi connectivity index (χ2n) is 9.05. The van der Waals surface area contributed by atoms with Gasteiger partial charge in [-0.25, -0.2) is 9.97 Å². The van der Waals surface area contributed by atoms with Gasteiger partial charge < -0.3 is 35.1 Å². The van der Waals surface area contributed by atoms with Gasteiger partial charge in [-0.3, -0.25) is 4.57 Å². The summed E-state index contributed by atoms with van der Waals surface area (Å²) in [5.74, 6) is 0.148. The summed E-state index contributed by atoms with van der Waals surface area (Å²) < 4.78 is 48.0. The first-order chi connectivity index (χ1) is 18.2. The molecule has 2 aliphatic heterocycles. The molecule has 38 heavy (non-hydrogen) atoms. The van der Waals surface area contributed by atoms with Gasteiger partial charge in [0.1, 0.15) is 18.6 Å². The topological polar surface area (TPSA) is 132 Å². The Labute approximate surface area is 214 Å². The molecule has 15 heteroatoms. The third-order valence-electron chi connectivity index (χ3n) is 6.27. The molecular weight excluding hydrogens is 509 g/mol. The lowest BCUT2D eigenvalue weighted by atomic mass is 10.0. The van der Waals surface area contributed by atoms with Crippen molar-refractivity contribution < 1.29 is 27.6 Å². The minimum atomic E-state index is -4.71. The first-order valence-corrected chi connectivity index (χ1v) is 12.0. The van der Waals surface area contributed by atoms with Gasteiger partial charge in [-0.15, -0.1) is 13.2 Å². The normalized spacial score (nSPS) is 18.0. The number of hydrogen-bond acceptors (Lipinski definition) is 10. The smallest absolute Gasteiger partial charge is 0.444 e. The predicted molar refractivity (Wildman–Crippen MR) is 129 cm³/mol. The molecule has 202 valence electrons. The van der Waals surface area contributed by atoms with Crippen LogP contribution in [0.2, 0.25) is 0 Å². The molecule has 0 bridgehead atoms. The lowest BCUT2D eigenvalue weighted by molar-refractivity contribution is -0.389. The maximum atomic E-state index is 12.3. The Morgan fingerprint density at radius 3 is 2.50 bits per heavy atom. The molecule has 2 N–H and O–H groups in total. The number of alkyl halides is 3. The largest absolute Gasteiger partial charge is 0.573 e. The Hall–Kier alpha value is -4.14. The van der Waals surface area contributed by atoms with Crippen LogP contribution in [0.5, 0.6) is 11.8 Å². The average Bonchev–Trinajstić information content (AvgIpc) is 3.33. The number of fused-ring (bicyclic) bond motifs is 1. The third kappa shape index (κ3) is 6.40. The molecule has 1 aromatic carbocycles. The van der Waals surface area contributed by atoms with Gasteiger partial charge in [0.05, 0.1) is 6.04 Å². The lowest BCUT2D eigenvalue weighted by Gasteiger charge is -2.33. The average molecular weight is 534 g/mol. The SMILES string of the molecule is O=[N+]([O-])c1cn2c(n1)OC[C@@H](NCc1cnc(N3CCC(Nc4ccc(OC(F)(F)F)cc4)CC3)nc1)C2. The van der Waals surface area contributed by atoms with Gasteiger partial charge in [0, 0.05) is 60.8 Å². The van der Waals surface area contributed by atoms with E-state index in [1.807, 2.05) is 0 Å². The molecule has 1 fully saturated rings. The van der Waals surface area contributed by atoms with Crippen molar-refractivity contribution in [2.45, 2.75) is 44.4 Å². The monoisotopic (exact) mass is 534 g/mol. The zero-order valence-electron chi connectivity index (χ0n) is 20.1. The fourth-order valence-electron chi connectivity index (χ4n) is 4.39. The summed E-state index contributed by atoms with van der Waals surface area (Å²) in [7, 11) is 0. The molecule has 2 aromatic heterocycles.